The van der Waals surface area contributed by atoms with Crippen LogP contribution >= 0.6 is 0 Å². The van der Waals surface area contributed by atoms with Crippen molar-refractivity contribution < 1.29 is 4.79 Å². The second-order valence-corrected chi connectivity index (χ2v) is 4.80. The fraction of sp³-hybridized carbons (Fsp3) is 0.0588. The van der Waals surface area contributed by atoms with E-state index < -0.39 is 0 Å². The van der Waals surface area contributed by atoms with E-state index in [1.807, 2.05) is 54.6 Å². The summed E-state index contributed by atoms with van der Waals surface area (Å²) in [6.45, 7) is 0. The van der Waals surface area contributed by atoms with Gasteiger partial charge in [-0.2, -0.15) is 0 Å². The van der Waals surface area contributed by atoms with Crippen LogP contribution in [0.15, 0.2) is 60.8 Å². The number of fused-ring (bicyclic) bond motifs is 1. The van der Waals surface area contributed by atoms with Crippen molar-refractivity contribution >= 4 is 28.1 Å². The molecule has 0 aliphatic heterocycles. The van der Waals surface area contributed by atoms with Crippen molar-refractivity contribution in [2.45, 2.75) is 0 Å². The molecule has 0 spiro atoms. The Kier molecular flexibility index (Phi) is 3.28. The highest BCUT2D eigenvalue weighted by Gasteiger charge is 2.17. The molecule has 0 fully saturated rings. The van der Waals surface area contributed by atoms with E-state index in [0.717, 1.165) is 16.5 Å². The summed E-state index contributed by atoms with van der Waals surface area (Å²) in [4.78, 5) is 18.5. The second kappa shape index (κ2) is 5.25. The number of carbonyl (C=O) groups excluding carboxylic acids is 1. The molecule has 0 aliphatic rings. The Morgan fingerprint density at radius 3 is 2.52 bits per heavy atom. The van der Waals surface area contributed by atoms with Gasteiger partial charge in [-0.1, -0.05) is 30.3 Å². The van der Waals surface area contributed by atoms with Crippen molar-refractivity contribution in [2.75, 3.05) is 17.7 Å². The molecule has 4 nitrogen and oxygen atoms in total. The van der Waals surface area contributed by atoms with Gasteiger partial charge < -0.3 is 10.6 Å². The van der Waals surface area contributed by atoms with Crippen molar-refractivity contribution in [1.82, 2.24) is 4.98 Å². The number of nitrogens with two attached hydrogens (primary N) is 1. The zero-order valence-electron chi connectivity index (χ0n) is 11.7. The number of carbonyl (C=O) groups is 1. The second-order valence-electron chi connectivity index (χ2n) is 4.80. The smallest absolute Gasteiger partial charge is 0.277 e. The molecule has 0 bridgehead atoms. The summed E-state index contributed by atoms with van der Waals surface area (Å²) in [5, 5.41) is 1.61. The van der Waals surface area contributed by atoms with Gasteiger partial charge in [0.25, 0.3) is 5.91 Å². The van der Waals surface area contributed by atoms with Crippen LogP contribution in [0.4, 0.5) is 11.4 Å². The first kappa shape index (κ1) is 13.1. The minimum absolute atomic E-state index is 0.155. The minimum Gasteiger partial charge on any atom is -0.398 e. The number of aromatic nitrogens is 1. The molecule has 0 aliphatic carbocycles. The maximum Gasteiger partial charge on any atom is 0.277 e. The largest absolute Gasteiger partial charge is 0.398 e. The number of pyridine rings is 1. The van der Waals surface area contributed by atoms with Crippen molar-refractivity contribution in [3.63, 3.8) is 0 Å². The van der Waals surface area contributed by atoms with E-state index in [1.165, 1.54) is 0 Å². The molecule has 21 heavy (non-hydrogen) atoms. The minimum atomic E-state index is -0.155. The van der Waals surface area contributed by atoms with Crippen LogP contribution in [0.2, 0.25) is 0 Å². The Morgan fingerprint density at radius 1 is 1.00 bits per heavy atom. The first-order valence-corrected chi connectivity index (χ1v) is 6.65. The Balaban J connectivity index is 2.08. The third-order valence-electron chi connectivity index (χ3n) is 3.49. The van der Waals surface area contributed by atoms with E-state index in [4.69, 9.17) is 5.73 Å². The lowest BCUT2D eigenvalue weighted by atomic mass is 10.1. The standard InChI is InChI=1S/C17H15N3O/c1-20(12-6-3-2-4-7-12)17(21)16-14-8-5-9-15(18)13(14)10-11-19-16/h2-11H,18H2,1H3. The number of hydrogen-bond acceptors (Lipinski definition) is 3. The number of amides is 1. The molecule has 3 aromatic rings. The number of nitrogens with zero attached hydrogens (tertiary/aromatic N) is 2. The van der Waals surface area contributed by atoms with Gasteiger partial charge in [0.05, 0.1) is 0 Å². The topological polar surface area (TPSA) is 59.2 Å². The van der Waals surface area contributed by atoms with Gasteiger partial charge in [0, 0.05) is 35.4 Å². The molecule has 1 amide bonds. The van der Waals surface area contributed by atoms with Crippen LogP contribution in [0.3, 0.4) is 0 Å². The Hall–Kier alpha value is -2.88. The zero-order chi connectivity index (χ0) is 14.8. The highest BCUT2D eigenvalue weighted by molar-refractivity contribution is 6.13. The van der Waals surface area contributed by atoms with E-state index >= 15 is 0 Å². The maximum atomic E-state index is 12.7. The van der Waals surface area contributed by atoms with Crippen LogP contribution in [-0.2, 0) is 0 Å². The molecule has 3 rings (SSSR count). The van der Waals surface area contributed by atoms with Gasteiger partial charge in [-0.05, 0) is 24.3 Å². The SMILES string of the molecule is CN(C(=O)c1nccc2c(N)cccc12)c1ccccc1. The summed E-state index contributed by atoms with van der Waals surface area (Å²) in [5.74, 6) is -0.155. The molecular formula is C17H15N3O. The monoisotopic (exact) mass is 277 g/mol. The van der Waals surface area contributed by atoms with Crippen LogP contribution < -0.4 is 10.6 Å². The summed E-state index contributed by atoms with van der Waals surface area (Å²) in [6, 6.07) is 16.8. The number of anilines is 2. The highest BCUT2D eigenvalue weighted by Crippen LogP contribution is 2.24. The summed E-state index contributed by atoms with van der Waals surface area (Å²) in [7, 11) is 1.74. The molecule has 0 unspecified atom stereocenters. The lowest BCUT2D eigenvalue weighted by Crippen LogP contribution is -2.27. The normalized spacial score (nSPS) is 10.5. The van der Waals surface area contributed by atoms with Gasteiger partial charge in [-0.15, -0.1) is 0 Å². The number of para-hydroxylation sites is 1. The lowest BCUT2D eigenvalue weighted by molar-refractivity contribution is 0.0990. The average molecular weight is 277 g/mol. The number of nitrogen functional groups attached to an aromatic ring is 1. The van der Waals surface area contributed by atoms with E-state index in [2.05, 4.69) is 4.98 Å². The molecule has 4 heteroatoms. The molecule has 0 saturated heterocycles. The van der Waals surface area contributed by atoms with E-state index in [1.54, 1.807) is 18.1 Å². The lowest BCUT2D eigenvalue weighted by Gasteiger charge is -2.17. The fourth-order valence-electron chi connectivity index (χ4n) is 2.33. The molecule has 0 radical (unpaired) electrons. The quantitative estimate of drug-likeness (QED) is 0.732. The van der Waals surface area contributed by atoms with Crippen LogP contribution in [0, 0.1) is 0 Å². The Bertz CT molecular complexity index is 799. The van der Waals surface area contributed by atoms with Gasteiger partial charge >= 0.3 is 0 Å². The molecular weight excluding hydrogens is 262 g/mol. The fourth-order valence-corrected chi connectivity index (χ4v) is 2.33. The van der Waals surface area contributed by atoms with Crippen LogP contribution in [0.1, 0.15) is 10.5 Å². The van der Waals surface area contributed by atoms with Crippen molar-refractivity contribution in [3.8, 4) is 0 Å². The predicted molar refractivity (Wildman–Crippen MR) is 85.3 cm³/mol. The van der Waals surface area contributed by atoms with E-state index in [0.29, 0.717) is 11.4 Å². The van der Waals surface area contributed by atoms with Gasteiger partial charge in [0.2, 0.25) is 0 Å². The predicted octanol–water partition coefficient (Wildman–Crippen LogP) is 3.09. The van der Waals surface area contributed by atoms with Crippen molar-refractivity contribution in [2.24, 2.45) is 0 Å². The number of benzene rings is 2. The third kappa shape index (κ3) is 2.31. The van der Waals surface area contributed by atoms with E-state index in [9.17, 15) is 4.79 Å². The van der Waals surface area contributed by atoms with Crippen LogP contribution in [0.25, 0.3) is 10.8 Å². The molecule has 1 heterocycles. The maximum absolute atomic E-state index is 12.7. The Labute approximate surface area is 122 Å². The molecule has 1 aromatic heterocycles. The summed E-state index contributed by atoms with van der Waals surface area (Å²) >= 11 is 0. The van der Waals surface area contributed by atoms with Crippen molar-refractivity contribution in [1.29, 1.82) is 0 Å². The highest BCUT2D eigenvalue weighted by atomic mass is 16.2. The zero-order valence-corrected chi connectivity index (χ0v) is 11.7. The first-order chi connectivity index (χ1) is 10.2. The summed E-state index contributed by atoms with van der Waals surface area (Å²) in [6.07, 6.45) is 1.62. The first-order valence-electron chi connectivity index (χ1n) is 6.65. The van der Waals surface area contributed by atoms with Gasteiger partial charge in [0.1, 0.15) is 5.69 Å². The summed E-state index contributed by atoms with van der Waals surface area (Å²) in [5.41, 5.74) is 7.84. The number of rotatable bonds is 2. The molecule has 0 saturated carbocycles. The molecule has 2 aromatic carbocycles. The van der Waals surface area contributed by atoms with Crippen LogP contribution in [0.5, 0.6) is 0 Å². The summed E-state index contributed by atoms with van der Waals surface area (Å²) < 4.78 is 0. The van der Waals surface area contributed by atoms with Gasteiger partial charge in [-0.25, -0.2) is 0 Å². The third-order valence-corrected chi connectivity index (χ3v) is 3.49. The van der Waals surface area contributed by atoms with Gasteiger partial charge in [0.15, 0.2) is 0 Å². The van der Waals surface area contributed by atoms with Gasteiger partial charge in [-0.3, -0.25) is 9.78 Å². The Morgan fingerprint density at radius 2 is 1.76 bits per heavy atom. The van der Waals surface area contributed by atoms with E-state index in [-0.39, 0.29) is 5.91 Å². The van der Waals surface area contributed by atoms with Crippen molar-refractivity contribution in [3.05, 3.63) is 66.5 Å². The number of hydrogen-bond donors (Lipinski definition) is 1. The molecule has 0 atom stereocenters. The van der Waals surface area contributed by atoms with Crippen LogP contribution in [-0.4, -0.2) is 17.9 Å². The average Bonchev–Trinajstić information content (AvgIpc) is 2.54. The molecule has 2 N–H and O–H groups in total. The molecule has 104 valence electrons.